The van der Waals surface area contributed by atoms with Gasteiger partial charge in [0.05, 0.1) is 0 Å². The molecule has 0 spiro atoms. The van der Waals surface area contributed by atoms with Crippen LogP contribution >= 0.6 is 0 Å². The molecule has 2 fully saturated rings. The fourth-order valence-corrected chi connectivity index (χ4v) is 4.73. The maximum Gasteiger partial charge on any atom is 0.219 e. The molecule has 5 heteroatoms. The minimum Gasteiger partial charge on any atom is -0.298 e. The van der Waals surface area contributed by atoms with E-state index < -0.39 is 15.3 Å². The first-order valence-electron chi connectivity index (χ1n) is 5.22. The molecule has 0 aromatic carbocycles. The predicted molar refractivity (Wildman–Crippen MR) is 56.4 cm³/mol. The van der Waals surface area contributed by atoms with E-state index in [9.17, 15) is 13.2 Å². The van der Waals surface area contributed by atoms with Crippen LogP contribution < -0.4 is 5.14 Å². The lowest BCUT2D eigenvalue weighted by Crippen LogP contribution is -2.48. The Hall–Kier alpha value is -0.420. The summed E-state index contributed by atoms with van der Waals surface area (Å²) >= 11 is 0. The van der Waals surface area contributed by atoms with Gasteiger partial charge in [-0.2, -0.15) is 0 Å². The van der Waals surface area contributed by atoms with Crippen molar-refractivity contribution in [1.29, 1.82) is 0 Å². The van der Waals surface area contributed by atoms with Crippen LogP contribution in [0.15, 0.2) is 0 Å². The molecule has 0 unspecified atom stereocenters. The van der Waals surface area contributed by atoms with Crippen molar-refractivity contribution < 1.29 is 13.2 Å². The van der Waals surface area contributed by atoms with Crippen LogP contribution in [-0.2, 0) is 14.8 Å². The quantitative estimate of drug-likeness (QED) is 0.715. The fraction of sp³-hybridized carbons (Fsp3) is 0.900. The summed E-state index contributed by atoms with van der Waals surface area (Å²) in [7, 11) is -3.73. The molecule has 2 aliphatic rings. The van der Waals surface area contributed by atoms with Crippen LogP contribution in [0.5, 0.6) is 0 Å². The number of sulfonamides is 1. The van der Waals surface area contributed by atoms with Gasteiger partial charge in [0.25, 0.3) is 0 Å². The van der Waals surface area contributed by atoms with Crippen molar-refractivity contribution in [2.45, 2.75) is 32.4 Å². The Balaban J connectivity index is 2.46. The van der Waals surface area contributed by atoms with Gasteiger partial charge in [0.2, 0.25) is 10.0 Å². The maximum absolute atomic E-state index is 11.9. The van der Waals surface area contributed by atoms with Crippen LogP contribution in [0.4, 0.5) is 0 Å². The number of nitrogens with two attached hydrogens (primary N) is 1. The monoisotopic (exact) mass is 231 g/mol. The highest BCUT2D eigenvalue weighted by Gasteiger charge is 2.63. The first-order valence-corrected chi connectivity index (χ1v) is 6.83. The largest absolute Gasteiger partial charge is 0.298 e. The van der Waals surface area contributed by atoms with E-state index >= 15 is 0 Å². The Morgan fingerprint density at radius 3 is 2.33 bits per heavy atom. The molecule has 0 aromatic rings. The average Bonchev–Trinajstić information content (AvgIpc) is 2.48. The highest BCUT2D eigenvalue weighted by molar-refractivity contribution is 7.90. The number of hydrogen-bond donors (Lipinski definition) is 1. The molecule has 4 nitrogen and oxygen atoms in total. The van der Waals surface area contributed by atoms with E-state index in [2.05, 4.69) is 0 Å². The second kappa shape index (κ2) is 2.83. The van der Waals surface area contributed by atoms with Crippen molar-refractivity contribution in [1.82, 2.24) is 0 Å². The standard InChI is InChI=1S/C10H17NO3S/c1-5-6-4-7(10(5,2)3)9(8(6)12)15(11,13)14/h5-7,9H,4H2,1-3H3,(H2,11,13,14)/t5-,6-,7+,9-/m1/s1. The van der Waals surface area contributed by atoms with Crippen LogP contribution in [0, 0.1) is 23.2 Å². The molecule has 86 valence electrons. The van der Waals surface area contributed by atoms with Gasteiger partial charge in [0.15, 0.2) is 5.78 Å². The third-order valence-corrected chi connectivity index (χ3v) is 5.87. The summed E-state index contributed by atoms with van der Waals surface area (Å²) in [6, 6.07) is 0. The molecule has 2 saturated carbocycles. The Morgan fingerprint density at radius 1 is 1.40 bits per heavy atom. The SMILES string of the molecule is C[C@@H]1[C@H]2C[C@@H]([C@@H](S(N)(=O)=O)C2=O)C1(C)C. The fourth-order valence-electron chi connectivity index (χ4n) is 3.31. The molecule has 2 N–H and O–H groups in total. The lowest BCUT2D eigenvalue weighted by Gasteiger charge is -2.38. The summed E-state index contributed by atoms with van der Waals surface area (Å²) in [5.74, 6) is -0.101. The summed E-state index contributed by atoms with van der Waals surface area (Å²) in [6.07, 6.45) is 0.689. The lowest BCUT2D eigenvalue weighted by atomic mass is 9.69. The van der Waals surface area contributed by atoms with Gasteiger partial charge in [-0.3, -0.25) is 4.79 Å². The topological polar surface area (TPSA) is 77.2 Å². The summed E-state index contributed by atoms with van der Waals surface area (Å²) in [5.41, 5.74) is -0.102. The number of hydrogen-bond acceptors (Lipinski definition) is 3. The predicted octanol–water partition coefficient (Wildman–Crippen LogP) is 0.525. The van der Waals surface area contributed by atoms with Gasteiger partial charge in [0, 0.05) is 5.92 Å². The highest BCUT2D eigenvalue weighted by Crippen LogP contribution is 2.58. The van der Waals surface area contributed by atoms with E-state index in [1.165, 1.54) is 0 Å². The van der Waals surface area contributed by atoms with Crippen molar-refractivity contribution in [2.75, 3.05) is 0 Å². The number of Topliss-reactive ketones (excluding diaryl/α,β-unsaturated/α-hetero) is 1. The number of carbonyl (C=O) groups is 1. The number of primary sulfonamides is 1. The second-order valence-electron chi connectivity index (χ2n) is 5.47. The number of rotatable bonds is 1. The van der Waals surface area contributed by atoms with Crippen molar-refractivity contribution in [3.8, 4) is 0 Å². The van der Waals surface area contributed by atoms with Gasteiger partial charge in [-0.05, 0) is 23.7 Å². The van der Waals surface area contributed by atoms with Gasteiger partial charge in [0.1, 0.15) is 5.25 Å². The lowest BCUT2D eigenvalue weighted by molar-refractivity contribution is -0.125. The normalized spacial score (nSPS) is 43.6. The van der Waals surface area contributed by atoms with Crippen LogP contribution in [0.1, 0.15) is 27.2 Å². The van der Waals surface area contributed by atoms with Gasteiger partial charge < -0.3 is 0 Å². The summed E-state index contributed by atoms with van der Waals surface area (Å²) < 4.78 is 22.8. The van der Waals surface area contributed by atoms with Crippen molar-refractivity contribution in [3.63, 3.8) is 0 Å². The number of fused-ring (bicyclic) bond motifs is 2. The first-order chi connectivity index (χ1) is 6.67. The Kier molecular flexibility index (Phi) is 2.09. The maximum atomic E-state index is 11.9. The number of carbonyl (C=O) groups excluding carboxylic acids is 1. The van der Waals surface area contributed by atoms with Crippen LogP contribution in [-0.4, -0.2) is 19.5 Å². The molecular formula is C10H17NO3S. The smallest absolute Gasteiger partial charge is 0.219 e. The second-order valence-corrected chi connectivity index (χ2v) is 7.16. The molecular weight excluding hydrogens is 214 g/mol. The Labute approximate surface area is 90.3 Å². The van der Waals surface area contributed by atoms with E-state index in [1.807, 2.05) is 20.8 Å². The molecule has 0 amide bonds. The Morgan fingerprint density at radius 2 is 1.93 bits per heavy atom. The van der Waals surface area contributed by atoms with E-state index in [0.717, 1.165) is 0 Å². The molecule has 2 bridgehead atoms. The zero-order valence-electron chi connectivity index (χ0n) is 9.23. The van der Waals surface area contributed by atoms with Crippen LogP contribution in [0.3, 0.4) is 0 Å². The zero-order valence-corrected chi connectivity index (χ0v) is 10.0. The minimum atomic E-state index is -3.73. The molecule has 0 aromatic heterocycles. The minimum absolute atomic E-state index is 0.0972. The van der Waals surface area contributed by atoms with Gasteiger partial charge in [-0.15, -0.1) is 0 Å². The zero-order chi connectivity index (χ0) is 11.6. The van der Waals surface area contributed by atoms with Gasteiger partial charge >= 0.3 is 0 Å². The average molecular weight is 231 g/mol. The van der Waals surface area contributed by atoms with E-state index in [1.54, 1.807) is 0 Å². The van der Waals surface area contributed by atoms with Gasteiger partial charge in [-0.25, -0.2) is 13.6 Å². The molecule has 15 heavy (non-hydrogen) atoms. The van der Waals surface area contributed by atoms with Crippen molar-refractivity contribution in [3.05, 3.63) is 0 Å². The third-order valence-electron chi connectivity index (χ3n) is 4.61. The van der Waals surface area contributed by atoms with Crippen LogP contribution in [0.2, 0.25) is 0 Å². The molecule has 0 radical (unpaired) electrons. The summed E-state index contributed by atoms with van der Waals surface area (Å²) in [5, 5.41) is 4.19. The summed E-state index contributed by atoms with van der Waals surface area (Å²) in [6.45, 7) is 6.10. The molecule has 2 aliphatic carbocycles. The summed E-state index contributed by atoms with van der Waals surface area (Å²) in [4.78, 5) is 11.9. The van der Waals surface area contributed by atoms with E-state index in [4.69, 9.17) is 5.14 Å². The van der Waals surface area contributed by atoms with E-state index in [0.29, 0.717) is 6.42 Å². The molecule has 0 saturated heterocycles. The van der Waals surface area contributed by atoms with Crippen LogP contribution in [0.25, 0.3) is 0 Å². The van der Waals surface area contributed by atoms with Crippen molar-refractivity contribution in [2.24, 2.45) is 28.3 Å². The highest BCUT2D eigenvalue weighted by atomic mass is 32.2. The van der Waals surface area contributed by atoms with Gasteiger partial charge in [-0.1, -0.05) is 20.8 Å². The first kappa shape index (κ1) is 11.1. The third kappa shape index (κ3) is 1.29. The number of ketones is 1. The molecule has 4 atom stereocenters. The molecule has 2 rings (SSSR count). The molecule has 0 aliphatic heterocycles. The van der Waals surface area contributed by atoms with E-state index in [-0.39, 0.29) is 29.0 Å². The Bertz CT molecular complexity index is 412. The molecule has 0 heterocycles. The van der Waals surface area contributed by atoms with Crippen molar-refractivity contribution >= 4 is 15.8 Å².